The molecule has 3 amide bonds. The molecule has 2 bridgehead atoms. The number of aliphatic hydroxyl groups is 1. The molecule has 0 radical (unpaired) electrons. The second kappa shape index (κ2) is 9.66. The van der Waals surface area contributed by atoms with Gasteiger partial charge in [-0.3, -0.25) is 14.4 Å². The lowest BCUT2D eigenvalue weighted by atomic mass is 9.66. The van der Waals surface area contributed by atoms with Crippen LogP contribution in [-0.4, -0.2) is 63.0 Å². The van der Waals surface area contributed by atoms with Gasteiger partial charge in [-0.1, -0.05) is 50.1 Å². The van der Waals surface area contributed by atoms with E-state index in [4.69, 9.17) is 0 Å². The summed E-state index contributed by atoms with van der Waals surface area (Å²) in [5.74, 6) is -1.49. The Labute approximate surface area is 200 Å². The first-order valence-electron chi connectivity index (χ1n) is 12.1. The van der Waals surface area contributed by atoms with Crippen LogP contribution in [0, 0.1) is 11.8 Å². The third kappa shape index (κ3) is 4.16. The number of hydrogen-bond acceptors (Lipinski definition) is 5. The summed E-state index contributed by atoms with van der Waals surface area (Å²) in [4.78, 5) is 42.0. The van der Waals surface area contributed by atoms with Crippen LogP contribution in [0.4, 0.5) is 0 Å². The van der Waals surface area contributed by atoms with Crippen molar-refractivity contribution < 1.29 is 19.5 Å². The molecule has 4 rings (SSSR count). The molecule has 180 valence electrons. The van der Waals surface area contributed by atoms with E-state index in [-0.39, 0.29) is 35.6 Å². The highest BCUT2D eigenvalue weighted by Gasteiger charge is 2.76. The van der Waals surface area contributed by atoms with Gasteiger partial charge in [0, 0.05) is 24.4 Å². The van der Waals surface area contributed by atoms with Crippen LogP contribution < -0.4 is 10.6 Å². The standard InChI is InChI=1S/C25H35N3O4S/c1-3-4-8-13-26-22(31)20-25-12-11-24(2,33-25)18(19(25)23(32)28(20)14-15-29)21(30)27-16-17-9-6-5-7-10-17/h5-7,9-10,18-20,29H,3-4,8,11-16H2,1-2H3,(H,26,31)(H,27,30)/t18-,19-,20?,24+,25?/m0/s1. The van der Waals surface area contributed by atoms with E-state index >= 15 is 0 Å². The molecule has 0 aliphatic carbocycles. The number of benzene rings is 1. The molecule has 3 aliphatic heterocycles. The largest absolute Gasteiger partial charge is 0.395 e. The summed E-state index contributed by atoms with van der Waals surface area (Å²) in [6.45, 7) is 5.07. The van der Waals surface area contributed by atoms with Crippen LogP contribution in [0.2, 0.25) is 0 Å². The number of hydrogen-bond donors (Lipinski definition) is 3. The van der Waals surface area contributed by atoms with E-state index in [9.17, 15) is 19.5 Å². The fraction of sp³-hybridized carbons (Fsp3) is 0.640. The molecule has 3 saturated heterocycles. The predicted octanol–water partition coefficient (Wildman–Crippen LogP) is 2.08. The number of aliphatic hydroxyl groups excluding tert-OH is 1. The zero-order valence-electron chi connectivity index (χ0n) is 19.5. The van der Waals surface area contributed by atoms with Gasteiger partial charge >= 0.3 is 0 Å². The Morgan fingerprint density at radius 1 is 1.15 bits per heavy atom. The van der Waals surface area contributed by atoms with Gasteiger partial charge in [0.05, 0.1) is 23.2 Å². The Bertz CT molecular complexity index is 897. The number of amides is 3. The number of fused-ring (bicyclic) bond motifs is 1. The van der Waals surface area contributed by atoms with Crippen molar-refractivity contribution >= 4 is 29.5 Å². The SMILES string of the molecule is CCCCCNC(=O)C1N(CCO)C(=O)[C@@H]2[C@@H](C(=O)NCc3ccccc3)[C@@]3(C)CCC12S3. The molecule has 2 unspecified atom stereocenters. The number of nitrogens with zero attached hydrogens (tertiary/aromatic N) is 1. The molecule has 3 N–H and O–H groups in total. The van der Waals surface area contributed by atoms with E-state index in [0.29, 0.717) is 13.1 Å². The minimum absolute atomic E-state index is 0.111. The number of thioether (sulfide) groups is 1. The average Bonchev–Trinajstić information content (AvgIpc) is 3.37. The summed E-state index contributed by atoms with van der Waals surface area (Å²) >= 11 is 1.66. The molecule has 3 fully saturated rings. The summed E-state index contributed by atoms with van der Waals surface area (Å²) in [6.07, 6.45) is 4.51. The van der Waals surface area contributed by atoms with Gasteiger partial charge in [-0.05, 0) is 31.7 Å². The van der Waals surface area contributed by atoms with Crippen LogP contribution in [0.3, 0.4) is 0 Å². The van der Waals surface area contributed by atoms with Crippen LogP contribution in [-0.2, 0) is 20.9 Å². The van der Waals surface area contributed by atoms with Crippen molar-refractivity contribution in [2.45, 2.75) is 68.0 Å². The third-order valence-corrected chi connectivity index (χ3v) is 9.52. The van der Waals surface area contributed by atoms with Crippen molar-refractivity contribution in [3.05, 3.63) is 35.9 Å². The molecule has 8 heteroatoms. The number of likely N-dealkylation sites (tertiary alicyclic amines) is 1. The number of carbonyl (C=O) groups is 3. The second-order valence-electron chi connectivity index (χ2n) is 9.68. The molecular formula is C25H35N3O4S. The minimum Gasteiger partial charge on any atom is -0.395 e. The van der Waals surface area contributed by atoms with E-state index in [1.807, 2.05) is 30.3 Å². The van der Waals surface area contributed by atoms with Gasteiger partial charge in [-0.2, -0.15) is 0 Å². The molecule has 33 heavy (non-hydrogen) atoms. The summed E-state index contributed by atoms with van der Waals surface area (Å²) in [5, 5.41) is 15.7. The van der Waals surface area contributed by atoms with Gasteiger partial charge in [-0.15, -0.1) is 11.8 Å². The molecule has 3 aliphatic rings. The lowest BCUT2D eigenvalue weighted by molar-refractivity contribution is -0.141. The monoisotopic (exact) mass is 473 g/mol. The molecule has 1 aromatic rings. The Balaban J connectivity index is 1.57. The second-order valence-corrected chi connectivity index (χ2v) is 11.6. The predicted molar refractivity (Wildman–Crippen MR) is 128 cm³/mol. The minimum atomic E-state index is -0.650. The van der Waals surface area contributed by atoms with Crippen LogP contribution in [0.25, 0.3) is 0 Å². The summed E-state index contributed by atoms with van der Waals surface area (Å²) < 4.78 is -1.00. The highest BCUT2D eigenvalue weighted by Crippen LogP contribution is 2.71. The van der Waals surface area contributed by atoms with Crippen LogP contribution in [0.5, 0.6) is 0 Å². The lowest BCUT2D eigenvalue weighted by Crippen LogP contribution is -2.54. The highest BCUT2D eigenvalue weighted by molar-refractivity contribution is 8.02. The van der Waals surface area contributed by atoms with Gasteiger partial charge in [0.1, 0.15) is 6.04 Å². The molecule has 1 spiro atoms. The van der Waals surface area contributed by atoms with E-state index in [2.05, 4.69) is 24.5 Å². The molecule has 5 atom stereocenters. The third-order valence-electron chi connectivity index (χ3n) is 7.54. The van der Waals surface area contributed by atoms with Crippen molar-refractivity contribution in [3.8, 4) is 0 Å². The first kappa shape index (κ1) is 24.1. The zero-order chi connectivity index (χ0) is 23.6. The van der Waals surface area contributed by atoms with Gasteiger partial charge in [-0.25, -0.2) is 0 Å². The number of rotatable bonds is 10. The fourth-order valence-corrected chi connectivity index (χ4v) is 8.41. The molecule has 3 heterocycles. The quantitative estimate of drug-likeness (QED) is 0.452. The highest BCUT2D eigenvalue weighted by atomic mass is 32.2. The molecule has 7 nitrogen and oxygen atoms in total. The van der Waals surface area contributed by atoms with Gasteiger partial charge in [0.25, 0.3) is 0 Å². The van der Waals surface area contributed by atoms with Crippen molar-refractivity contribution in [2.75, 3.05) is 19.7 Å². The molecule has 0 saturated carbocycles. The Morgan fingerprint density at radius 2 is 1.91 bits per heavy atom. The summed E-state index contributed by atoms with van der Waals surface area (Å²) in [5.41, 5.74) is 1.01. The summed E-state index contributed by atoms with van der Waals surface area (Å²) in [6, 6.07) is 9.07. The maximum atomic E-state index is 13.6. The van der Waals surface area contributed by atoms with Crippen molar-refractivity contribution in [1.82, 2.24) is 15.5 Å². The average molecular weight is 474 g/mol. The fourth-order valence-electron chi connectivity index (χ4n) is 6.05. The molecular weight excluding hydrogens is 438 g/mol. The van der Waals surface area contributed by atoms with E-state index in [1.165, 1.54) is 4.90 Å². The van der Waals surface area contributed by atoms with Crippen LogP contribution in [0.1, 0.15) is 51.5 Å². The topological polar surface area (TPSA) is 98.7 Å². The van der Waals surface area contributed by atoms with Gasteiger partial charge in [0.15, 0.2) is 0 Å². The van der Waals surface area contributed by atoms with Crippen LogP contribution in [0.15, 0.2) is 30.3 Å². The van der Waals surface area contributed by atoms with E-state index < -0.39 is 22.6 Å². The van der Waals surface area contributed by atoms with Crippen molar-refractivity contribution in [3.63, 3.8) is 0 Å². The first-order chi connectivity index (χ1) is 15.9. The van der Waals surface area contributed by atoms with Gasteiger partial charge < -0.3 is 20.6 Å². The Kier molecular flexibility index (Phi) is 7.05. The Hall–Kier alpha value is -2.06. The van der Waals surface area contributed by atoms with Crippen LogP contribution >= 0.6 is 11.8 Å². The maximum Gasteiger partial charge on any atom is 0.244 e. The number of nitrogens with one attached hydrogen (secondary N) is 2. The normalized spacial score (nSPS) is 32.2. The molecule has 0 aromatic heterocycles. The summed E-state index contributed by atoms with van der Waals surface area (Å²) in [7, 11) is 0. The Morgan fingerprint density at radius 3 is 2.61 bits per heavy atom. The van der Waals surface area contributed by atoms with Crippen molar-refractivity contribution in [1.29, 1.82) is 0 Å². The lowest BCUT2D eigenvalue weighted by Gasteiger charge is -2.34. The smallest absolute Gasteiger partial charge is 0.244 e. The number of β-amino-alcohol motifs (C(OH)–C–C–N with tert-alkyl or cyclic N) is 1. The molecule has 1 aromatic carbocycles. The van der Waals surface area contributed by atoms with E-state index in [0.717, 1.165) is 37.7 Å². The van der Waals surface area contributed by atoms with Gasteiger partial charge in [0.2, 0.25) is 17.7 Å². The van der Waals surface area contributed by atoms with E-state index in [1.54, 1.807) is 11.8 Å². The zero-order valence-corrected chi connectivity index (χ0v) is 20.3. The van der Waals surface area contributed by atoms with Crippen molar-refractivity contribution in [2.24, 2.45) is 11.8 Å². The number of carbonyl (C=O) groups excluding carboxylic acids is 3. The first-order valence-corrected chi connectivity index (χ1v) is 12.9. The maximum absolute atomic E-state index is 13.6. The number of unbranched alkanes of at least 4 members (excludes halogenated alkanes) is 2.